The number of carbonyl (C=O) groups excluding carboxylic acids is 2. The van der Waals surface area contributed by atoms with Crippen LogP contribution < -0.4 is 10.6 Å². The molecule has 8 nitrogen and oxygen atoms in total. The average molecular weight is 595 g/mol. The molecular formula is C34H62N2O6. The summed E-state index contributed by atoms with van der Waals surface area (Å²) in [6.07, 6.45) is 21.1. The van der Waals surface area contributed by atoms with Gasteiger partial charge in [0.15, 0.2) is 5.79 Å². The molecule has 0 radical (unpaired) electrons. The summed E-state index contributed by atoms with van der Waals surface area (Å²) in [6.45, 7) is 11.8. The number of carbonyl (C=O) groups is 3. The molecule has 244 valence electrons. The second kappa shape index (κ2) is 20.9. The molecule has 42 heavy (non-hydrogen) atoms. The fourth-order valence-corrected chi connectivity index (χ4v) is 5.35. The van der Waals surface area contributed by atoms with Crippen molar-refractivity contribution in [3.05, 3.63) is 12.2 Å². The highest BCUT2D eigenvalue weighted by Gasteiger charge is 2.46. The summed E-state index contributed by atoms with van der Waals surface area (Å²) in [5, 5.41) is 15.7. The second-order valence-electron chi connectivity index (χ2n) is 13.2. The standard InChI is InChI=1S/C34H62N2O6/c1-7-9-10-11-12-13-14-15-16-17-18-19-20-21-22-24-29(37)36-28(23-8-2)27(32(39)40)25-35-31(38)30-33(3,4)26-41-34(5,6)42-30/h15-16,27-28,30H,7-14,17-26H2,1-6H3,(H,35,38)(H,36,37)(H,39,40)/b16-15-. The number of amides is 2. The molecule has 8 heteroatoms. The molecule has 0 saturated carbocycles. The van der Waals surface area contributed by atoms with Crippen molar-refractivity contribution in [2.45, 2.75) is 162 Å². The third-order valence-electron chi connectivity index (χ3n) is 8.05. The maximum absolute atomic E-state index is 13.0. The Kier molecular flexibility index (Phi) is 18.9. The zero-order valence-corrected chi connectivity index (χ0v) is 27.6. The van der Waals surface area contributed by atoms with Gasteiger partial charge in [-0.1, -0.05) is 97.6 Å². The van der Waals surface area contributed by atoms with Gasteiger partial charge in [0.05, 0.1) is 12.5 Å². The Morgan fingerprint density at radius 3 is 2.00 bits per heavy atom. The van der Waals surface area contributed by atoms with Crippen LogP contribution in [-0.4, -0.2) is 54.0 Å². The van der Waals surface area contributed by atoms with Crippen LogP contribution in [0.2, 0.25) is 0 Å². The molecule has 0 aliphatic carbocycles. The van der Waals surface area contributed by atoms with Gasteiger partial charge in [-0.2, -0.15) is 0 Å². The number of unbranched alkanes of at least 4 members (excludes halogenated alkanes) is 11. The van der Waals surface area contributed by atoms with Gasteiger partial charge in [-0.15, -0.1) is 0 Å². The second-order valence-corrected chi connectivity index (χ2v) is 13.2. The lowest BCUT2D eigenvalue weighted by Crippen LogP contribution is -2.57. The molecule has 1 aliphatic rings. The predicted octanol–water partition coefficient (Wildman–Crippen LogP) is 7.30. The molecule has 2 amide bonds. The van der Waals surface area contributed by atoms with E-state index in [0.29, 0.717) is 19.4 Å². The molecule has 3 N–H and O–H groups in total. The van der Waals surface area contributed by atoms with Crippen molar-refractivity contribution in [3.63, 3.8) is 0 Å². The normalized spacial score (nSPS) is 19.3. The summed E-state index contributed by atoms with van der Waals surface area (Å²) in [6, 6.07) is -0.552. The quantitative estimate of drug-likeness (QED) is 0.0845. The van der Waals surface area contributed by atoms with E-state index in [1.807, 2.05) is 20.8 Å². The lowest BCUT2D eigenvalue weighted by molar-refractivity contribution is -0.304. The molecule has 1 saturated heterocycles. The van der Waals surface area contributed by atoms with Crippen molar-refractivity contribution in [1.82, 2.24) is 10.6 Å². The van der Waals surface area contributed by atoms with Gasteiger partial charge >= 0.3 is 5.97 Å². The maximum Gasteiger partial charge on any atom is 0.310 e. The summed E-state index contributed by atoms with van der Waals surface area (Å²) in [5.74, 6) is -3.35. The Labute approximate surface area is 256 Å². The SMILES string of the molecule is CCCCCCCC/C=C\CCCCCCCC(=O)NC(CCC)C(CNC(=O)C1OC(C)(C)OCC1(C)C)C(=O)O. The van der Waals surface area contributed by atoms with E-state index in [0.717, 1.165) is 38.5 Å². The minimum absolute atomic E-state index is 0.0796. The van der Waals surface area contributed by atoms with Crippen LogP contribution in [0.25, 0.3) is 0 Å². The number of nitrogens with one attached hydrogen (secondary N) is 2. The first-order valence-corrected chi connectivity index (χ1v) is 16.7. The number of allylic oxidation sites excluding steroid dienone is 2. The van der Waals surface area contributed by atoms with E-state index in [4.69, 9.17) is 9.47 Å². The Balaban J connectivity index is 2.36. The van der Waals surface area contributed by atoms with Gasteiger partial charge in [-0.05, 0) is 52.4 Å². The fraction of sp³-hybridized carbons (Fsp3) is 0.853. The van der Waals surface area contributed by atoms with Crippen LogP contribution in [0.5, 0.6) is 0 Å². The van der Waals surface area contributed by atoms with Gasteiger partial charge in [0.1, 0.15) is 6.10 Å². The number of ether oxygens (including phenoxy) is 2. The summed E-state index contributed by atoms with van der Waals surface area (Å²) >= 11 is 0. The molecule has 0 aromatic carbocycles. The lowest BCUT2D eigenvalue weighted by atomic mass is 9.85. The first-order chi connectivity index (χ1) is 19.9. The van der Waals surface area contributed by atoms with Crippen LogP contribution in [0.1, 0.15) is 144 Å². The van der Waals surface area contributed by atoms with Crippen LogP contribution in [0.4, 0.5) is 0 Å². The minimum atomic E-state index is -1.04. The predicted molar refractivity (Wildman–Crippen MR) is 169 cm³/mol. The van der Waals surface area contributed by atoms with Crippen LogP contribution >= 0.6 is 0 Å². The molecule has 0 aromatic rings. The van der Waals surface area contributed by atoms with E-state index >= 15 is 0 Å². The molecule has 1 aliphatic heterocycles. The summed E-state index contributed by atoms with van der Waals surface area (Å²) in [5.41, 5.74) is -0.556. The smallest absolute Gasteiger partial charge is 0.310 e. The van der Waals surface area contributed by atoms with Crippen molar-refractivity contribution >= 4 is 17.8 Å². The van der Waals surface area contributed by atoms with E-state index in [-0.39, 0.29) is 18.4 Å². The van der Waals surface area contributed by atoms with Crippen molar-refractivity contribution in [3.8, 4) is 0 Å². The molecule has 1 heterocycles. The Bertz CT molecular complexity index is 810. The number of carboxylic acids is 1. The third-order valence-corrected chi connectivity index (χ3v) is 8.05. The van der Waals surface area contributed by atoms with Crippen LogP contribution in [0.3, 0.4) is 0 Å². The maximum atomic E-state index is 13.0. The molecule has 0 spiro atoms. The molecule has 0 aromatic heterocycles. The molecule has 1 rings (SSSR count). The first kappa shape index (κ1) is 38.1. The lowest BCUT2D eigenvalue weighted by Gasteiger charge is -2.44. The first-order valence-electron chi connectivity index (χ1n) is 16.7. The van der Waals surface area contributed by atoms with E-state index in [1.165, 1.54) is 51.4 Å². The van der Waals surface area contributed by atoms with Gasteiger partial charge in [-0.3, -0.25) is 14.4 Å². The van der Waals surface area contributed by atoms with Gasteiger partial charge in [0, 0.05) is 24.4 Å². The van der Waals surface area contributed by atoms with Gasteiger partial charge in [0.2, 0.25) is 11.8 Å². The van der Waals surface area contributed by atoms with Crippen LogP contribution in [0, 0.1) is 11.3 Å². The van der Waals surface area contributed by atoms with Gasteiger partial charge in [0.25, 0.3) is 0 Å². The number of hydrogen-bond acceptors (Lipinski definition) is 5. The van der Waals surface area contributed by atoms with Crippen molar-refractivity contribution < 1.29 is 29.0 Å². The molecule has 0 bridgehead atoms. The Morgan fingerprint density at radius 1 is 0.857 bits per heavy atom. The highest BCUT2D eigenvalue weighted by atomic mass is 16.7. The topological polar surface area (TPSA) is 114 Å². The minimum Gasteiger partial charge on any atom is -0.481 e. The highest BCUT2D eigenvalue weighted by molar-refractivity contribution is 5.83. The van der Waals surface area contributed by atoms with Crippen LogP contribution in [-0.2, 0) is 23.9 Å². The van der Waals surface area contributed by atoms with Crippen molar-refractivity contribution in [2.24, 2.45) is 11.3 Å². The van der Waals surface area contributed by atoms with E-state index < -0.39 is 35.2 Å². The van der Waals surface area contributed by atoms with Crippen molar-refractivity contribution in [1.29, 1.82) is 0 Å². The zero-order valence-electron chi connectivity index (χ0n) is 27.6. The average Bonchev–Trinajstić information content (AvgIpc) is 2.92. The number of hydrogen-bond donors (Lipinski definition) is 3. The Morgan fingerprint density at radius 2 is 1.43 bits per heavy atom. The van der Waals surface area contributed by atoms with Crippen LogP contribution in [0.15, 0.2) is 12.2 Å². The molecule has 3 unspecified atom stereocenters. The third kappa shape index (κ3) is 16.1. The summed E-state index contributed by atoms with van der Waals surface area (Å²) in [4.78, 5) is 37.9. The molecule has 1 fully saturated rings. The van der Waals surface area contributed by atoms with Crippen molar-refractivity contribution in [2.75, 3.05) is 13.2 Å². The zero-order chi connectivity index (χ0) is 31.4. The fourth-order valence-electron chi connectivity index (χ4n) is 5.35. The highest BCUT2D eigenvalue weighted by Crippen LogP contribution is 2.35. The van der Waals surface area contributed by atoms with E-state index in [2.05, 4.69) is 29.7 Å². The van der Waals surface area contributed by atoms with Gasteiger partial charge < -0.3 is 25.2 Å². The monoisotopic (exact) mass is 594 g/mol. The van der Waals surface area contributed by atoms with Gasteiger partial charge in [-0.25, -0.2) is 0 Å². The van der Waals surface area contributed by atoms with E-state index in [9.17, 15) is 19.5 Å². The number of rotatable bonds is 23. The molecular weight excluding hydrogens is 532 g/mol. The Hall–Kier alpha value is -1.93. The number of aliphatic carboxylic acids is 1. The summed E-state index contributed by atoms with van der Waals surface area (Å²) < 4.78 is 11.6. The molecule has 3 atom stereocenters. The van der Waals surface area contributed by atoms with E-state index in [1.54, 1.807) is 13.8 Å². The summed E-state index contributed by atoms with van der Waals surface area (Å²) in [7, 11) is 0. The largest absolute Gasteiger partial charge is 0.481 e. The number of carboxylic acid groups (broad SMARTS) is 1.